The molecule has 3 N–H and O–H groups in total. The summed E-state index contributed by atoms with van der Waals surface area (Å²) < 4.78 is 25.9. The van der Waals surface area contributed by atoms with Crippen LogP contribution in [0.2, 0.25) is 0 Å². The van der Waals surface area contributed by atoms with Crippen molar-refractivity contribution in [3.8, 4) is 0 Å². The van der Waals surface area contributed by atoms with Crippen LogP contribution in [-0.4, -0.2) is 36.5 Å². The average molecular weight is 270 g/mol. The third kappa shape index (κ3) is 2.11. The lowest BCUT2D eigenvalue weighted by Gasteiger charge is -2.45. The van der Waals surface area contributed by atoms with E-state index in [2.05, 4.69) is 0 Å². The predicted molar refractivity (Wildman–Crippen MR) is 69.6 cm³/mol. The number of β-amino-alcohol motifs (C(OH)–C–C–N with tert-alkyl or cyclic N) is 1. The Balaban J connectivity index is 2.28. The molecule has 1 aliphatic rings. The monoisotopic (exact) mass is 270 g/mol. The van der Waals surface area contributed by atoms with Gasteiger partial charge in [-0.3, -0.25) is 0 Å². The van der Waals surface area contributed by atoms with E-state index in [4.69, 9.17) is 5.73 Å². The molecule has 6 heteroatoms. The summed E-state index contributed by atoms with van der Waals surface area (Å²) in [4.78, 5) is 0.259. The molecular formula is C12H18N2O3S. The van der Waals surface area contributed by atoms with Crippen molar-refractivity contribution in [1.29, 1.82) is 0 Å². The first-order valence-electron chi connectivity index (χ1n) is 5.87. The molecule has 0 aliphatic carbocycles. The summed E-state index contributed by atoms with van der Waals surface area (Å²) in [5.74, 6) is 0. The smallest absolute Gasteiger partial charge is 0.243 e. The number of nitrogen functional groups attached to an aromatic ring is 1. The largest absolute Gasteiger partial charge is 0.399 e. The highest BCUT2D eigenvalue weighted by Gasteiger charge is 2.46. The van der Waals surface area contributed by atoms with Gasteiger partial charge >= 0.3 is 0 Å². The summed E-state index contributed by atoms with van der Waals surface area (Å²) >= 11 is 0. The van der Waals surface area contributed by atoms with Crippen molar-refractivity contribution in [2.45, 2.75) is 30.8 Å². The second-order valence-corrected chi connectivity index (χ2v) is 6.78. The molecule has 5 nitrogen and oxygen atoms in total. The van der Waals surface area contributed by atoms with Crippen LogP contribution < -0.4 is 5.73 Å². The van der Waals surface area contributed by atoms with Gasteiger partial charge in [0.15, 0.2) is 0 Å². The van der Waals surface area contributed by atoms with Gasteiger partial charge in [0.1, 0.15) is 0 Å². The number of nitrogens with two attached hydrogens (primary N) is 1. The Hall–Kier alpha value is -1.11. The number of aryl methyl sites for hydroxylation is 1. The number of nitrogens with zero attached hydrogens (tertiary/aromatic N) is 1. The molecule has 1 aromatic rings. The number of hydrogen-bond donors (Lipinski definition) is 2. The average Bonchev–Trinajstić information content (AvgIpc) is 2.24. The van der Waals surface area contributed by atoms with Gasteiger partial charge in [-0.15, -0.1) is 0 Å². The molecule has 1 saturated heterocycles. The van der Waals surface area contributed by atoms with Gasteiger partial charge in [0.25, 0.3) is 0 Å². The Kier molecular flexibility index (Phi) is 3.12. The summed E-state index contributed by atoms with van der Waals surface area (Å²) in [6.45, 7) is 3.89. The fraction of sp³-hybridized carbons (Fsp3) is 0.500. The molecule has 2 rings (SSSR count). The molecule has 0 saturated carbocycles. The zero-order valence-corrected chi connectivity index (χ0v) is 11.4. The zero-order valence-electron chi connectivity index (χ0n) is 10.5. The second-order valence-electron chi connectivity index (χ2n) is 4.88. The van der Waals surface area contributed by atoms with Gasteiger partial charge < -0.3 is 10.8 Å². The molecule has 0 bridgehead atoms. The van der Waals surface area contributed by atoms with Crippen LogP contribution >= 0.6 is 0 Å². The minimum absolute atomic E-state index is 0.162. The Labute approximate surface area is 107 Å². The minimum atomic E-state index is -3.51. The summed E-state index contributed by atoms with van der Waals surface area (Å²) in [6, 6.07) is 4.73. The molecule has 0 radical (unpaired) electrons. The molecule has 1 fully saturated rings. The lowest BCUT2D eigenvalue weighted by Crippen LogP contribution is -2.62. The Morgan fingerprint density at radius 1 is 1.44 bits per heavy atom. The van der Waals surface area contributed by atoms with E-state index in [1.54, 1.807) is 19.1 Å². The summed E-state index contributed by atoms with van der Waals surface area (Å²) in [7, 11) is -3.51. The van der Waals surface area contributed by atoms with Gasteiger partial charge in [0.05, 0.1) is 10.5 Å². The van der Waals surface area contributed by atoms with Gasteiger partial charge in [-0.1, -0.05) is 6.92 Å². The highest BCUT2D eigenvalue weighted by molar-refractivity contribution is 7.89. The third-order valence-corrected chi connectivity index (χ3v) is 5.37. The second kappa shape index (κ2) is 4.22. The van der Waals surface area contributed by atoms with Crippen molar-refractivity contribution < 1.29 is 13.5 Å². The number of rotatable bonds is 3. The van der Waals surface area contributed by atoms with Crippen LogP contribution in [-0.2, 0) is 10.0 Å². The van der Waals surface area contributed by atoms with Gasteiger partial charge in [0, 0.05) is 18.8 Å². The van der Waals surface area contributed by atoms with E-state index in [1.165, 1.54) is 10.4 Å². The number of sulfonamides is 1. The summed E-state index contributed by atoms with van der Waals surface area (Å²) in [5.41, 5.74) is 5.91. The van der Waals surface area contributed by atoms with Crippen LogP contribution in [0.1, 0.15) is 18.9 Å². The molecule has 1 aromatic carbocycles. The van der Waals surface area contributed by atoms with E-state index in [1.807, 2.05) is 6.92 Å². The van der Waals surface area contributed by atoms with E-state index in [-0.39, 0.29) is 18.0 Å². The van der Waals surface area contributed by atoms with Crippen molar-refractivity contribution in [2.24, 2.45) is 0 Å². The quantitative estimate of drug-likeness (QED) is 0.793. The van der Waals surface area contributed by atoms with Crippen molar-refractivity contribution >= 4 is 15.7 Å². The maximum atomic E-state index is 12.3. The number of anilines is 1. The fourth-order valence-electron chi connectivity index (χ4n) is 2.10. The Morgan fingerprint density at radius 2 is 2.06 bits per heavy atom. The first-order valence-corrected chi connectivity index (χ1v) is 7.31. The molecule has 18 heavy (non-hydrogen) atoms. The highest BCUT2D eigenvalue weighted by Crippen LogP contribution is 2.31. The van der Waals surface area contributed by atoms with Crippen LogP contribution in [0.5, 0.6) is 0 Å². The number of aliphatic hydroxyl groups is 1. The van der Waals surface area contributed by atoms with E-state index in [0.717, 1.165) is 0 Å². The summed E-state index contributed by atoms with van der Waals surface area (Å²) in [6.07, 6.45) is 0.555. The molecular weight excluding hydrogens is 252 g/mol. The van der Waals surface area contributed by atoms with Crippen molar-refractivity contribution in [1.82, 2.24) is 4.31 Å². The Bertz CT molecular complexity index is 563. The first-order chi connectivity index (χ1) is 8.28. The van der Waals surface area contributed by atoms with Crippen molar-refractivity contribution in [2.75, 3.05) is 18.8 Å². The maximum absolute atomic E-state index is 12.3. The van der Waals surface area contributed by atoms with Gasteiger partial charge in [0.2, 0.25) is 10.0 Å². The molecule has 0 atom stereocenters. The van der Waals surface area contributed by atoms with Crippen molar-refractivity contribution in [3.63, 3.8) is 0 Å². The zero-order chi connectivity index (χ0) is 13.6. The normalized spacial score (nSPS) is 19.5. The SMILES string of the molecule is CCC1(O)CN(S(=O)(=O)c2ccc(N)cc2C)C1. The molecule has 0 spiro atoms. The maximum Gasteiger partial charge on any atom is 0.243 e. The standard InChI is InChI=1S/C12H18N2O3S/c1-3-12(15)7-14(8-12)18(16,17)11-5-4-10(13)6-9(11)2/h4-6,15H,3,7-8,13H2,1-2H3. The van der Waals surface area contributed by atoms with Crippen LogP contribution in [0.15, 0.2) is 23.1 Å². The van der Waals surface area contributed by atoms with Crippen LogP contribution in [0.3, 0.4) is 0 Å². The van der Waals surface area contributed by atoms with E-state index in [9.17, 15) is 13.5 Å². The predicted octanol–water partition coefficient (Wildman–Crippen LogP) is 0.723. The lowest BCUT2D eigenvalue weighted by atomic mass is 9.94. The Morgan fingerprint density at radius 3 is 2.56 bits per heavy atom. The molecule has 0 amide bonds. The van der Waals surface area contributed by atoms with Gasteiger partial charge in [-0.25, -0.2) is 8.42 Å². The van der Waals surface area contributed by atoms with E-state index < -0.39 is 15.6 Å². The van der Waals surface area contributed by atoms with Crippen LogP contribution in [0.25, 0.3) is 0 Å². The molecule has 1 heterocycles. The minimum Gasteiger partial charge on any atom is -0.399 e. The topological polar surface area (TPSA) is 83.6 Å². The highest BCUT2D eigenvalue weighted by atomic mass is 32.2. The molecule has 100 valence electrons. The number of hydrogen-bond acceptors (Lipinski definition) is 4. The van der Waals surface area contributed by atoms with Crippen LogP contribution in [0.4, 0.5) is 5.69 Å². The van der Waals surface area contributed by atoms with Gasteiger partial charge in [-0.2, -0.15) is 4.31 Å². The van der Waals surface area contributed by atoms with E-state index in [0.29, 0.717) is 17.7 Å². The van der Waals surface area contributed by atoms with E-state index >= 15 is 0 Å². The summed E-state index contributed by atoms with van der Waals surface area (Å²) in [5, 5.41) is 9.89. The fourth-order valence-corrected chi connectivity index (χ4v) is 3.91. The lowest BCUT2D eigenvalue weighted by molar-refractivity contribution is -0.0613. The van der Waals surface area contributed by atoms with Crippen molar-refractivity contribution in [3.05, 3.63) is 23.8 Å². The van der Waals surface area contributed by atoms with Gasteiger partial charge in [-0.05, 0) is 37.1 Å². The number of benzene rings is 1. The van der Waals surface area contributed by atoms with Crippen LogP contribution in [0, 0.1) is 6.92 Å². The third-order valence-electron chi connectivity index (χ3n) is 3.42. The molecule has 0 aromatic heterocycles. The first kappa shape index (κ1) is 13.3. The molecule has 0 unspecified atom stereocenters. The molecule has 1 aliphatic heterocycles.